The van der Waals surface area contributed by atoms with Gasteiger partial charge in [-0.05, 0) is 55.4 Å². The monoisotopic (exact) mass is 220 g/mol. The van der Waals surface area contributed by atoms with Crippen LogP contribution >= 0.6 is 0 Å². The van der Waals surface area contributed by atoms with Crippen LogP contribution in [0.4, 0.5) is 0 Å². The minimum atomic E-state index is -0.252. The van der Waals surface area contributed by atoms with Crippen LogP contribution in [0.25, 0.3) is 0 Å². The molecule has 0 aromatic heterocycles. The van der Waals surface area contributed by atoms with Gasteiger partial charge in [0.1, 0.15) is 0 Å². The Morgan fingerprint density at radius 3 is 2.75 bits per heavy atom. The van der Waals surface area contributed by atoms with Gasteiger partial charge < -0.3 is 5.11 Å². The van der Waals surface area contributed by atoms with Gasteiger partial charge in [0.15, 0.2) is 0 Å². The first-order valence-electron chi connectivity index (χ1n) is 6.44. The topological polar surface area (TPSA) is 20.2 Å². The zero-order chi connectivity index (χ0) is 11.9. The van der Waals surface area contributed by atoms with E-state index in [1.807, 2.05) is 0 Å². The van der Waals surface area contributed by atoms with Crippen LogP contribution in [0.15, 0.2) is 23.8 Å². The molecule has 0 aliphatic heterocycles. The summed E-state index contributed by atoms with van der Waals surface area (Å²) < 4.78 is 0. The highest BCUT2D eigenvalue weighted by Crippen LogP contribution is 2.56. The number of hydrogen-bond donors (Lipinski definition) is 1. The molecule has 1 fully saturated rings. The molecule has 0 radical (unpaired) electrons. The van der Waals surface area contributed by atoms with Crippen molar-refractivity contribution in [3.05, 3.63) is 23.8 Å². The Hall–Kier alpha value is -0.560. The highest BCUT2D eigenvalue weighted by atomic mass is 16.3. The van der Waals surface area contributed by atoms with Crippen molar-refractivity contribution in [2.45, 2.75) is 52.6 Å². The molecule has 1 heteroatoms. The summed E-state index contributed by atoms with van der Waals surface area (Å²) in [5, 5.41) is 9.94. The Bertz CT molecular complexity index is 324. The molecule has 2 aliphatic carbocycles. The van der Waals surface area contributed by atoms with E-state index < -0.39 is 0 Å². The molecular weight excluding hydrogens is 196 g/mol. The molecule has 0 aromatic carbocycles. The standard InChI is InChI=1S/C15H24O/c1-10-6-8-14(16)11(2)5-7-13-12(10)9-15(13,3)4/h5,12-14,16H,1,6-9H2,2-4H3/b11-5+. The molecule has 1 N–H and O–H groups in total. The molecule has 0 spiro atoms. The third-order valence-corrected chi connectivity index (χ3v) is 4.72. The summed E-state index contributed by atoms with van der Waals surface area (Å²) in [4.78, 5) is 0. The molecule has 3 unspecified atom stereocenters. The summed E-state index contributed by atoms with van der Waals surface area (Å²) in [5.74, 6) is 1.43. The van der Waals surface area contributed by atoms with Crippen LogP contribution in [0.5, 0.6) is 0 Å². The van der Waals surface area contributed by atoms with Gasteiger partial charge in [0.05, 0.1) is 6.10 Å². The lowest BCUT2D eigenvalue weighted by atomic mass is 9.52. The van der Waals surface area contributed by atoms with E-state index >= 15 is 0 Å². The van der Waals surface area contributed by atoms with Crippen LogP contribution in [0.2, 0.25) is 0 Å². The first-order valence-corrected chi connectivity index (χ1v) is 6.44. The van der Waals surface area contributed by atoms with E-state index in [-0.39, 0.29) is 6.10 Å². The van der Waals surface area contributed by atoms with Gasteiger partial charge in [-0.15, -0.1) is 0 Å². The van der Waals surface area contributed by atoms with Crippen LogP contribution in [0.3, 0.4) is 0 Å². The highest BCUT2D eigenvalue weighted by Gasteiger charge is 2.47. The van der Waals surface area contributed by atoms with Crippen LogP contribution in [0, 0.1) is 17.3 Å². The van der Waals surface area contributed by atoms with Gasteiger partial charge in [0.2, 0.25) is 0 Å². The largest absolute Gasteiger partial charge is 0.389 e. The number of aliphatic hydroxyl groups excluding tert-OH is 1. The summed E-state index contributed by atoms with van der Waals surface area (Å²) >= 11 is 0. The lowest BCUT2D eigenvalue weighted by molar-refractivity contribution is 0.0119. The van der Waals surface area contributed by atoms with Crippen molar-refractivity contribution in [2.24, 2.45) is 17.3 Å². The Morgan fingerprint density at radius 1 is 1.44 bits per heavy atom. The Morgan fingerprint density at radius 2 is 2.12 bits per heavy atom. The first-order chi connectivity index (χ1) is 7.42. The maximum absolute atomic E-state index is 9.94. The fourth-order valence-corrected chi connectivity index (χ4v) is 3.34. The molecular formula is C15H24O. The first kappa shape index (κ1) is 11.9. The van der Waals surface area contributed by atoms with Crippen molar-refractivity contribution in [1.29, 1.82) is 0 Å². The summed E-state index contributed by atoms with van der Waals surface area (Å²) in [6, 6.07) is 0. The minimum absolute atomic E-state index is 0.252. The summed E-state index contributed by atoms with van der Waals surface area (Å²) in [7, 11) is 0. The van der Waals surface area contributed by atoms with Crippen molar-refractivity contribution >= 4 is 0 Å². The molecule has 0 amide bonds. The fourth-order valence-electron chi connectivity index (χ4n) is 3.34. The maximum atomic E-state index is 9.94. The van der Waals surface area contributed by atoms with E-state index in [1.165, 1.54) is 12.0 Å². The van der Waals surface area contributed by atoms with E-state index in [1.54, 1.807) is 0 Å². The van der Waals surface area contributed by atoms with E-state index in [0.29, 0.717) is 11.3 Å². The zero-order valence-corrected chi connectivity index (χ0v) is 10.8. The quantitative estimate of drug-likeness (QED) is 0.617. The predicted octanol–water partition coefficient (Wildman–Crippen LogP) is 3.70. The Kier molecular flexibility index (Phi) is 3.00. The molecule has 0 saturated heterocycles. The molecule has 0 bridgehead atoms. The van der Waals surface area contributed by atoms with Crippen LogP contribution in [0.1, 0.15) is 46.5 Å². The zero-order valence-electron chi connectivity index (χ0n) is 10.8. The van der Waals surface area contributed by atoms with Crippen molar-refractivity contribution < 1.29 is 5.11 Å². The van der Waals surface area contributed by atoms with E-state index in [0.717, 1.165) is 30.8 Å². The average Bonchev–Trinajstić information content (AvgIpc) is 2.24. The van der Waals surface area contributed by atoms with Crippen LogP contribution in [-0.4, -0.2) is 11.2 Å². The molecule has 0 aromatic rings. The van der Waals surface area contributed by atoms with E-state index in [4.69, 9.17) is 0 Å². The normalized spacial score (nSPS) is 41.9. The number of fused-ring (bicyclic) bond motifs is 1. The molecule has 1 saturated carbocycles. The smallest absolute Gasteiger partial charge is 0.0750 e. The van der Waals surface area contributed by atoms with Crippen LogP contribution in [-0.2, 0) is 0 Å². The molecule has 0 heterocycles. The third kappa shape index (κ3) is 1.98. The van der Waals surface area contributed by atoms with Crippen LogP contribution < -0.4 is 0 Å². The second-order valence-electron chi connectivity index (χ2n) is 6.30. The molecule has 1 nitrogen and oxygen atoms in total. The minimum Gasteiger partial charge on any atom is -0.389 e. The maximum Gasteiger partial charge on any atom is 0.0750 e. The number of allylic oxidation sites excluding steroid dienone is 2. The van der Waals surface area contributed by atoms with Gasteiger partial charge in [0, 0.05) is 0 Å². The van der Waals surface area contributed by atoms with Gasteiger partial charge >= 0.3 is 0 Å². The van der Waals surface area contributed by atoms with E-state index in [9.17, 15) is 5.11 Å². The fraction of sp³-hybridized carbons (Fsp3) is 0.733. The molecule has 90 valence electrons. The second kappa shape index (κ2) is 4.03. The highest BCUT2D eigenvalue weighted by molar-refractivity contribution is 5.18. The third-order valence-electron chi connectivity index (χ3n) is 4.72. The van der Waals surface area contributed by atoms with Crippen molar-refractivity contribution in [3.63, 3.8) is 0 Å². The molecule has 16 heavy (non-hydrogen) atoms. The van der Waals surface area contributed by atoms with Gasteiger partial charge in [0.25, 0.3) is 0 Å². The van der Waals surface area contributed by atoms with Crippen molar-refractivity contribution in [3.8, 4) is 0 Å². The second-order valence-corrected chi connectivity index (χ2v) is 6.30. The van der Waals surface area contributed by atoms with Crippen molar-refractivity contribution in [1.82, 2.24) is 0 Å². The average molecular weight is 220 g/mol. The Labute approximate surface area is 99.3 Å². The number of aliphatic hydroxyl groups is 1. The summed E-state index contributed by atoms with van der Waals surface area (Å²) in [6.07, 6.45) is 6.23. The molecule has 2 aliphatic rings. The van der Waals surface area contributed by atoms with E-state index in [2.05, 4.69) is 33.4 Å². The summed E-state index contributed by atoms with van der Waals surface area (Å²) in [5.41, 5.74) is 2.97. The van der Waals surface area contributed by atoms with Crippen molar-refractivity contribution in [2.75, 3.05) is 0 Å². The summed E-state index contributed by atoms with van der Waals surface area (Å²) in [6.45, 7) is 11.0. The van der Waals surface area contributed by atoms with Gasteiger partial charge in [-0.2, -0.15) is 0 Å². The molecule has 3 atom stereocenters. The lowest BCUT2D eigenvalue weighted by Crippen LogP contribution is -2.44. The van der Waals surface area contributed by atoms with Gasteiger partial charge in [-0.25, -0.2) is 0 Å². The number of hydrogen-bond acceptors (Lipinski definition) is 1. The lowest BCUT2D eigenvalue weighted by Gasteiger charge is -2.52. The number of rotatable bonds is 0. The Balaban J connectivity index is 2.18. The van der Waals surface area contributed by atoms with Gasteiger partial charge in [-0.1, -0.05) is 32.1 Å². The molecule has 2 rings (SSSR count). The SMILES string of the molecule is C=C1CCC(O)/C(C)=C/CC2C1CC2(C)C. The predicted molar refractivity (Wildman–Crippen MR) is 68.1 cm³/mol. The van der Waals surface area contributed by atoms with Gasteiger partial charge in [-0.3, -0.25) is 0 Å².